The number of hydrogen-bond acceptors (Lipinski definition) is 2. The van der Waals surface area contributed by atoms with E-state index in [2.05, 4.69) is 0 Å². The second kappa shape index (κ2) is 5.28. The lowest BCUT2D eigenvalue weighted by molar-refractivity contribution is -0.384. The number of halogens is 6. The third-order valence-corrected chi connectivity index (χ3v) is 2.87. The van der Waals surface area contributed by atoms with Gasteiger partial charge in [-0.25, -0.2) is 22.0 Å². The molecule has 0 fully saturated rings. The normalized spacial score (nSPS) is 10.8. The zero-order chi connectivity index (χ0) is 15.9. The molecule has 21 heavy (non-hydrogen) atoms. The Hall–Kier alpha value is -2.22. The SMILES string of the molecule is O=[N+]([O-])c1ccc(Cl)cc1-c1c(F)c(F)c(F)c(F)c1F. The van der Waals surface area contributed by atoms with Crippen molar-refractivity contribution in [1.82, 2.24) is 0 Å². The van der Waals surface area contributed by atoms with Gasteiger partial charge in [-0.3, -0.25) is 10.1 Å². The summed E-state index contributed by atoms with van der Waals surface area (Å²) in [5.74, 6) is -11.1. The van der Waals surface area contributed by atoms with Gasteiger partial charge in [0.2, 0.25) is 5.82 Å². The highest BCUT2D eigenvalue weighted by molar-refractivity contribution is 6.31. The lowest BCUT2D eigenvalue weighted by atomic mass is 10.0. The first-order chi connectivity index (χ1) is 9.75. The van der Waals surface area contributed by atoms with Gasteiger partial charge < -0.3 is 0 Å². The van der Waals surface area contributed by atoms with E-state index in [-0.39, 0.29) is 5.02 Å². The summed E-state index contributed by atoms with van der Waals surface area (Å²) in [6.45, 7) is 0. The van der Waals surface area contributed by atoms with E-state index in [0.717, 1.165) is 18.2 Å². The minimum atomic E-state index is -2.35. The summed E-state index contributed by atoms with van der Waals surface area (Å²) in [5.41, 5.74) is -3.05. The average molecular weight is 324 g/mol. The van der Waals surface area contributed by atoms with Gasteiger partial charge in [0, 0.05) is 11.1 Å². The molecule has 9 heteroatoms. The maximum atomic E-state index is 13.7. The molecule has 0 spiro atoms. The van der Waals surface area contributed by atoms with Crippen LogP contribution in [0.2, 0.25) is 5.02 Å². The van der Waals surface area contributed by atoms with Crippen LogP contribution in [0.25, 0.3) is 11.1 Å². The van der Waals surface area contributed by atoms with Crippen LogP contribution in [0.4, 0.5) is 27.6 Å². The molecule has 0 aromatic heterocycles. The lowest BCUT2D eigenvalue weighted by Gasteiger charge is -2.09. The molecular weight excluding hydrogens is 321 g/mol. The van der Waals surface area contributed by atoms with Crippen LogP contribution in [0.3, 0.4) is 0 Å². The van der Waals surface area contributed by atoms with Crippen LogP contribution in [0.15, 0.2) is 18.2 Å². The summed E-state index contributed by atoms with van der Waals surface area (Å²) in [5, 5.41) is 10.7. The Bertz CT molecular complexity index is 737. The monoisotopic (exact) mass is 323 g/mol. The van der Waals surface area contributed by atoms with E-state index in [1.54, 1.807) is 0 Å². The predicted octanol–water partition coefficient (Wildman–Crippen LogP) is 4.61. The quantitative estimate of drug-likeness (QED) is 0.266. The molecular formula is C12H3ClF5NO2. The molecule has 0 N–H and O–H groups in total. The fourth-order valence-corrected chi connectivity index (χ4v) is 1.88. The highest BCUT2D eigenvalue weighted by atomic mass is 35.5. The Kier molecular flexibility index (Phi) is 3.82. The molecule has 0 aliphatic carbocycles. The van der Waals surface area contributed by atoms with Gasteiger partial charge in [0.25, 0.3) is 5.69 Å². The Morgan fingerprint density at radius 2 is 1.38 bits per heavy atom. The lowest BCUT2D eigenvalue weighted by Crippen LogP contribution is -2.05. The van der Waals surface area contributed by atoms with Crippen molar-refractivity contribution >= 4 is 17.3 Å². The second-order valence-electron chi connectivity index (χ2n) is 3.86. The van der Waals surface area contributed by atoms with Crippen molar-refractivity contribution in [2.75, 3.05) is 0 Å². The number of benzene rings is 2. The molecule has 0 aliphatic heterocycles. The number of rotatable bonds is 2. The van der Waals surface area contributed by atoms with E-state index in [9.17, 15) is 32.1 Å². The molecule has 0 heterocycles. The van der Waals surface area contributed by atoms with E-state index >= 15 is 0 Å². The predicted molar refractivity (Wildman–Crippen MR) is 63.3 cm³/mol. The van der Waals surface area contributed by atoms with Crippen molar-refractivity contribution in [3.05, 3.63) is 62.4 Å². The van der Waals surface area contributed by atoms with Crippen molar-refractivity contribution in [2.45, 2.75) is 0 Å². The van der Waals surface area contributed by atoms with Gasteiger partial charge >= 0.3 is 0 Å². The summed E-state index contributed by atoms with van der Waals surface area (Å²) in [6.07, 6.45) is 0. The molecule has 110 valence electrons. The first-order valence-electron chi connectivity index (χ1n) is 5.21. The average Bonchev–Trinajstić information content (AvgIpc) is 2.43. The summed E-state index contributed by atoms with van der Waals surface area (Å²) in [4.78, 5) is 9.80. The minimum absolute atomic E-state index is 0.167. The van der Waals surface area contributed by atoms with E-state index in [1.807, 2.05) is 0 Å². The summed E-state index contributed by atoms with van der Waals surface area (Å²) in [7, 11) is 0. The van der Waals surface area contributed by atoms with Gasteiger partial charge in [-0.1, -0.05) is 11.6 Å². The fraction of sp³-hybridized carbons (Fsp3) is 0. The molecule has 0 saturated carbocycles. The van der Waals surface area contributed by atoms with E-state index in [0.29, 0.717) is 0 Å². The molecule has 0 unspecified atom stereocenters. The highest BCUT2D eigenvalue weighted by Crippen LogP contribution is 2.38. The van der Waals surface area contributed by atoms with Crippen molar-refractivity contribution in [2.24, 2.45) is 0 Å². The second-order valence-corrected chi connectivity index (χ2v) is 4.30. The van der Waals surface area contributed by atoms with Crippen LogP contribution >= 0.6 is 11.6 Å². The van der Waals surface area contributed by atoms with Crippen LogP contribution in [0, 0.1) is 39.2 Å². The Morgan fingerprint density at radius 1 is 0.905 bits per heavy atom. The van der Waals surface area contributed by atoms with E-state index in [4.69, 9.17) is 11.6 Å². The van der Waals surface area contributed by atoms with Crippen LogP contribution in [0.5, 0.6) is 0 Å². The van der Waals surface area contributed by atoms with Crippen LogP contribution < -0.4 is 0 Å². The van der Waals surface area contributed by atoms with Crippen molar-refractivity contribution < 1.29 is 26.9 Å². The highest BCUT2D eigenvalue weighted by Gasteiger charge is 2.30. The van der Waals surface area contributed by atoms with Crippen molar-refractivity contribution in [3.63, 3.8) is 0 Å². The smallest absolute Gasteiger partial charge is 0.258 e. The zero-order valence-corrected chi connectivity index (χ0v) is 10.5. The van der Waals surface area contributed by atoms with Crippen LogP contribution in [-0.2, 0) is 0 Å². The molecule has 2 aromatic carbocycles. The van der Waals surface area contributed by atoms with Crippen molar-refractivity contribution in [3.8, 4) is 11.1 Å². The number of nitro groups is 1. The Balaban J connectivity index is 2.92. The third-order valence-electron chi connectivity index (χ3n) is 2.63. The summed E-state index contributed by atoms with van der Waals surface area (Å²) >= 11 is 5.56. The summed E-state index contributed by atoms with van der Waals surface area (Å²) in [6, 6.07) is 2.60. The van der Waals surface area contributed by atoms with Crippen LogP contribution in [-0.4, -0.2) is 4.92 Å². The molecule has 0 amide bonds. The van der Waals surface area contributed by atoms with E-state index in [1.165, 1.54) is 0 Å². The van der Waals surface area contributed by atoms with Gasteiger partial charge in [0.15, 0.2) is 23.3 Å². The third kappa shape index (κ3) is 2.42. The maximum absolute atomic E-state index is 13.7. The summed E-state index contributed by atoms with van der Waals surface area (Å²) < 4.78 is 66.6. The molecule has 2 aromatic rings. The van der Waals surface area contributed by atoms with Gasteiger partial charge in [-0.15, -0.1) is 0 Å². The molecule has 2 rings (SSSR count). The molecule has 0 atom stereocenters. The Labute approximate surface area is 118 Å². The molecule has 0 saturated heterocycles. The number of nitro benzene ring substituents is 1. The van der Waals surface area contributed by atoms with Crippen LogP contribution in [0.1, 0.15) is 0 Å². The largest absolute Gasteiger partial charge is 0.277 e. The number of nitrogens with zero attached hydrogens (tertiary/aromatic N) is 1. The molecule has 0 bridgehead atoms. The first kappa shape index (κ1) is 15.2. The standard InChI is InChI=1S/C12H3ClF5NO2/c13-4-1-2-6(19(20)21)5(3-4)7-8(14)10(16)12(18)11(17)9(7)15/h1-3H. The van der Waals surface area contributed by atoms with Gasteiger partial charge in [0.1, 0.15) is 0 Å². The topological polar surface area (TPSA) is 43.1 Å². The fourth-order valence-electron chi connectivity index (χ4n) is 1.71. The Morgan fingerprint density at radius 3 is 1.86 bits per heavy atom. The first-order valence-corrected chi connectivity index (χ1v) is 5.59. The number of hydrogen-bond donors (Lipinski definition) is 0. The molecule has 3 nitrogen and oxygen atoms in total. The van der Waals surface area contributed by atoms with Gasteiger partial charge in [0.05, 0.1) is 16.1 Å². The minimum Gasteiger partial charge on any atom is -0.258 e. The molecule has 0 radical (unpaired) electrons. The van der Waals surface area contributed by atoms with E-state index < -0.39 is 50.8 Å². The van der Waals surface area contributed by atoms with Gasteiger partial charge in [-0.2, -0.15) is 0 Å². The maximum Gasteiger partial charge on any atom is 0.277 e. The molecule has 0 aliphatic rings. The zero-order valence-electron chi connectivity index (χ0n) is 9.76. The van der Waals surface area contributed by atoms with Gasteiger partial charge in [-0.05, 0) is 12.1 Å². The van der Waals surface area contributed by atoms with Crippen molar-refractivity contribution in [1.29, 1.82) is 0 Å².